The van der Waals surface area contributed by atoms with Gasteiger partial charge >= 0.3 is 6.03 Å². The molecule has 2 amide bonds. The average molecular weight is 403 g/mol. The number of nitrogens with zero attached hydrogens (tertiary/aromatic N) is 5. The summed E-state index contributed by atoms with van der Waals surface area (Å²) in [5.74, 6) is -0.00219. The van der Waals surface area contributed by atoms with Gasteiger partial charge < -0.3 is 9.47 Å². The van der Waals surface area contributed by atoms with Gasteiger partial charge in [0.15, 0.2) is 5.15 Å². The number of H-pyrrole nitrogens is 1. The fraction of sp³-hybridized carbons (Fsp3) is 0.182. The van der Waals surface area contributed by atoms with Crippen molar-refractivity contribution in [3.05, 3.63) is 17.5 Å². The van der Waals surface area contributed by atoms with Crippen LogP contribution in [0.1, 0.15) is 0 Å². The molecule has 0 saturated heterocycles. The fourth-order valence-corrected chi connectivity index (χ4v) is 3.41. The monoisotopic (exact) mass is 402 g/mol. The number of aromatic nitrogens is 6. The summed E-state index contributed by atoms with van der Waals surface area (Å²) >= 11 is 5.82. The zero-order chi connectivity index (χ0) is 18.9. The Morgan fingerprint density at radius 2 is 1.88 bits per heavy atom. The third kappa shape index (κ3) is 3.31. The van der Waals surface area contributed by atoms with Crippen LogP contribution in [-0.2, 0) is 10.0 Å². The molecule has 15 heteroatoms. The minimum atomic E-state index is -4.38. The maximum atomic E-state index is 12.4. The first-order chi connectivity index (χ1) is 12.3. The summed E-state index contributed by atoms with van der Waals surface area (Å²) in [5, 5.41) is 3.84. The molecule has 0 atom stereocenters. The number of hydrogen-bond donors (Lipinski definition) is 3. The van der Waals surface area contributed by atoms with Crippen molar-refractivity contribution in [3.63, 3.8) is 0 Å². The largest absolute Gasteiger partial charge is 0.481 e. The summed E-state index contributed by atoms with van der Waals surface area (Å²) in [7, 11) is -1.67. The smallest absolute Gasteiger partial charge is 0.335 e. The van der Waals surface area contributed by atoms with Crippen molar-refractivity contribution in [2.45, 2.75) is 5.03 Å². The van der Waals surface area contributed by atoms with Crippen LogP contribution in [0.5, 0.6) is 11.8 Å². The van der Waals surface area contributed by atoms with E-state index in [4.69, 9.17) is 21.1 Å². The van der Waals surface area contributed by atoms with E-state index in [-0.39, 0.29) is 28.6 Å². The van der Waals surface area contributed by atoms with Crippen LogP contribution in [0.4, 0.5) is 10.7 Å². The summed E-state index contributed by atoms with van der Waals surface area (Å²) < 4.78 is 37.5. The van der Waals surface area contributed by atoms with E-state index in [2.05, 4.69) is 30.4 Å². The van der Waals surface area contributed by atoms with Crippen LogP contribution in [-0.4, -0.2) is 58.2 Å². The Morgan fingerprint density at radius 3 is 2.50 bits per heavy atom. The molecule has 0 aliphatic heterocycles. The molecule has 0 saturated carbocycles. The van der Waals surface area contributed by atoms with Gasteiger partial charge in [-0.15, -0.1) is 0 Å². The number of carbonyl (C=O) groups excluding carboxylic acids is 1. The molecule has 26 heavy (non-hydrogen) atoms. The minimum Gasteiger partial charge on any atom is -0.481 e. The molecule has 0 fully saturated rings. The van der Waals surface area contributed by atoms with Crippen LogP contribution in [0.3, 0.4) is 0 Å². The number of imidazole rings is 1. The number of carbonyl (C=O) groups is 1. The number of ether oxygens (including phenoxy) is 2. The van der Waals surface area contributed by atoms with Gasteiger partial charge in [0.2, 0.25) is 22.7 Å². The number of anilines is 1. The van der Waals surface area contributed by atoms with Crippen LogP contribution in [0.2, 0.25) is 5.15 Å². The van der Waals surface area contributed by atoms with E-state index in [1.165, 1.54) is 26.6 Å². The highest BCUT2D eigenvalue weighted by molar-refractivity contribution is 7.90. The first-order valence-corrected chi connectivity index (χ1v) is 8.58. The molecule has 0 spiro atoms. The lowest BCUT2D eigenvalue weighted by Gasteiger charge is -2.09. The van der Waals surface area contributed by atoms with Crippen LogP contribution in [0.15, 0.2) is 17.4 Å². The van der Waals surface area contributed by atoms with Gasteiger partial charge in [-0.3, -0.25) is 10.4 Å². The third-order valence-electron chi connectivity index (χ3n) is 2.95. The Morgan fingerprint density at radius 1 is 1.23 bits per heavy atom. The molecule has 0 unspecified atom stereocenters. The first-order valence-electron chi connectivity index (χ1n) is 6.72. The van der Waals surface area contributed by atoms with Gasteiger partial charge in [-0.05, 0) is 0 Å². The van der Waals surface area contributed by atoms with Crippen molar-refractivity contribution < 1.29 is 22.7 Å². The van der Waals surface area contributed by atoms with Gasteiger partial charge in [-0.1, -0.05) is 11.6 Å². The Labute approximate surface area is 150 Å². The molecule has 3 rings (SSSR count). The molecule has 0 bridgehead atoms. The maximum absolute atomic E-state index is 12.4. The van der Waals surface area contributed by atoms with E-state index in [1.54, 1.807) is 4.72 Å². The average Bonchev–Trinajstić information content (AvgIpc) is 3.13. The van der Waals surface area contributed by atoms with Crippen molar-refractivity contribution in [1.82, 2.24) is 34.3 Å². The number of urea groups is 1. The van der Waals surface area contributed by atoms with Crippen LogP contribution in [0, 0.1) is 0 Å². The van der Waals surface area contributed by atoms with Crippen molar-refractivity contribution in [2.75, 3.05) is 19.5 Å². The van der Waals surface area contributed by atoms with Gasteiger partial charge in [-0.25, -0.2) is 19.0 Å². The molecule has 3 N–H and O–H groups in total. The number of sulfonamides is 1. The SMILES string of the molecule is COc1cc(OC)nc(NC(=O)NS(=O)(=O)c2c(Cl)nc3nc[nH]n23)n1. The van der Waals surface area contributed by atoms with E-state index < -0.39 is 21.1 Å². The summed E-state index contributed by atoms with van der Waals surface area (Å²) in [6.07, 6.45) is 1.22. The molecule has 138 valence electrons. The number of rotatable bonds is 5. The number of methoxy groups -OCH3 is 2. The molecule has 13 nitrogen and oxygen atoms in total. The second kappa shape index (κ2) is 6.64. The highest BCUT2D eigenvalue weighted by atomic mass is 35.5. The zero-order valence-electron chi connectivity index (χ0n) is 13.2. The Hall–Kier alpha value is -3.13. The van der Waals surface area contributed by atoms with Gasteiger partial charge in [0.25, 0.3) is 15.8 Å². The quantitative estimate of drug-likeness (QED) is 0.533. The molecular weight excluding hydrogens is 392 g/mol. The normalized spacial score (nSPS) is 11.3. The number of aromatic amines is 1. The van der Waals surface area contributed by atoms with Crippen LogP contribution in [0.25, 0.3) is 5.78 Å². The number of fused-ring (bicyclic) bond motifs is 1. The van der Waals surface area contributed by atoms with E-state index in [0.29, 0.717) is 0 Å². The predicted octanol–water partition coefficient (Wildman–Crippen LogP) is 0.0284. The molecular formula is C11H11ClN8O5S. The van der Waals surface area contributed by atoms with E-state index in [9.17, 15) is 13.2 Å². The number of nitrogens with one attached hydrogen (secondary N) is 3. The maximum Gasteiger partial charge on any atom is 0.335 e. The second-order valence-electron chi connectivity index (χ2n) is 4.57. The molecule has 0 aliphatic carbocycles. The Bertz CT molecular complexity index is 1060. The number of halogens is 1. The van der Waals surface area contributed by atoms with Crippen molar-refractivity contribution in [1.29, 1.82) is 0 Å². The molecule has 0 aromatic carbocycles. The lowest BCUT2D eigenvalue weighted by Crippen LogP contribution is -2.35. The highest BCUT2D eigenvalue weighted by Gasteiger charge is 2.28. The van der Waals surface area contributed by atoms with Crippen molar-refractivity contribution >= 4 is 39.4 Å². The van der Waals surface area contributed by atoms with E-state index in [1.807, 2.05) is 0 Å². The van der Waals surface area contributed by atoms with Crippen LogP contribution >= 0.6 is 11.6 Å². The van der Waals surface area contributed by atoms with Crippen LogP contribution < -0.4 is 19.5 Å². The highest BCUT2D eigenvalue weighted by Crippen LogP contribution is 2.21. The fourth-order valence-electron chi connectivity index (χ4n) is 1.91. The summed E-state index contributed by atoms with van der Waals surface area (Å²) in [4.78, 5) is 27.3. The van der Waals surface area contributed by atoms with Gasteiger partial charge in [0, 0.05) is 0 Å². The molecule has 0 radical (unpaired) electrons. The first kappa shape index (κ1) is 17.7. The Kier molecular flexibility index (Phi) is 4.52. The molecule has 3 heterocycles. The van der Waals surface area contributed by atoms with Gasteiger partial charge in [0.1, 0.15) is 6.33 Å². The van der Waals surface area contributed by atoms with Gasteiger partial charge in [-0.2, -0.15) is 23.4 Å². The molecule has 3 aromatic rings. The molecule has 0 aliphatic rings. The Balaban J connectivity index is 1.83. The standard InChI is InChI=1S/C11H11ClN8O5S/c1-24-5-3-6(25-2)16-9(15-5)18-11(21)19-26(22,23)8-7(12)17-10-13-4-14-20(8)10/h3-4H,1-2H3,(H,13,14,17)(H2,15,16,18,19,21). The third-order valence-corrected chi connectivity index (χ3v) is 4.66. The predicted molar refractivity (Wildman–Crippen MR) is 86.8 cm³/mol. The van der Waals surface area contributed by atoms with E-state index in [0.717, 1.165) is 4.52 Å². The summed E-state index contributed by atoms with van der Waals surface area (Å²) in [6, 6.07) is 0.242. The summed E-state index contributed by atoms with van der Waals surface area (Å²) in [5.41, 5.74) is 0. The lowest BCUT2D eigenvalue weighted by atomic mass is 10.6. The minimum absolute atomic E-state index is 0.0247. The van der Waals surface area contributed by atoms with Crippen molar-refractivity contribution in [2.24, 2.45) is 0 Å². The second-order valence-corrected chi connectivity index (χ2v) is 6.52. The van der Waals surface area contributed by atoms with E-state index >= 15 is 0 Å². The summed E-state index contributed by atoms with van der Waals surface area (Å²) in [6.45, 7) is 0. The lowest BCUT2D eigenvalue weighted by molar-refractivity contribution is 0.256. The molecule has 3 aromatic heterocycles. The zero-order valence-corrected chi connectivity index (χ0v) is 14.8. The van der Waals surface area contributed by atoms with Gasteiger partial charge in [0.05, 0.1) is 20.3 Å². The van der Waals surface area contributed by atoms with Crippen molar-refractivity contribution in [3.8, 4) is 11.8 Å². The number of amides is 2. The topological polar surface area (TPSA) is 165 Å². The number of hydrogen-bond acceptors (Lipinski definition) is 9.